The summed E-state index contributed by atoms with van der Waals surface area (Å²) in [5.74, 6) is 1.60. The van der Waals surface area contributed by atoms with Gasteiger partial charge in [-0.3, -0.25) is 9.69 Å². The molecule has 0 saturated heterocycles. The number of nitrogens with one attached hydrogen (secondary N) is 1. The number of carboxylic acid groups (broad SMARTS) is 1. The van der Waals surface area contributed by atoms with Gasteiger partial charge in [-0.2, -0.15) is 0 Å². The molecule has 2 aliphatic heterocycles. The van der Waals surface area contributed by atoms with Crippen molar-refractivity contribution in [2.45, 2.75) is 32.1 Å². The molecule has 0 unspecified atom stereocenters. The Kier molecular flexibility index (Phi) is 8.50. The summed E-state index contributed by atoms with van der Waals surface area (Å²) in [5.41, 5.74) is 3.60. The van der Waals surface area contributed by atoms with E-state index in [0.29, 0.717) is 48.3 Å². The Balaban J connectivity index is 1.27. The molecule has 2 amide bonds. The van der Waals surface area contributed by atoms with Crippen molar-refractivity contribution in [1.29, 1.82) is 0 Å². The third-order valence-electron chi connectivity index (χ3n) is 6.46. The Labute approximate surface area is 232 Å². The van der Waals surface area contributed by atoms with Gasteiger partial charge in [0, 0.05) is 30.8 Å². The van der Waals surface area contributed by atoms with E-state index in [-0.39, 0.29) is 5.91 Å². The maximum atomic E-state index is 13.3. The third kappa shape index (κ3) is 6.74. The average Bonchev–Trinajstić information content (AvgIpc) is 3.59. The van der Waals surface area contributed by atoms with Crippen LogP contribution in [0.25, 0.3) is 11.8 Å². The summed E-state index contributed by atoms with van der Waals surface area (Å²) in [4.78, 5) is 34.9. The molecule has 0 fully saturated rings. The summed E-state index contributed by atoms with van der Waals surface area (Å²) in [6.45, 7) is 1.06. The minimum absolute atomic E-state index is 0.233. The molecule has 204 valence electrons. The smallest absolute Gasteiger partial charge is 0.404 e. The van der Waals surface area contributed by atoms with E-state index in [0.717, 1.165) is 42.6 Å². The Bertz CT molecular complexity index is 1460. The van der Waals surface area contributed by atoms with Gasteiger partial charge in [-0.1, -0.05) is 43.2 Å². The van der Waals surface area contributed by atoms with Gasteiger partial charge in [-0.15, -0.1) is 0 Å². The molecule has 0 saturated carbocycles. The standard InChI is InChI=1S/C31H30N4O5/c36-30-27(20-25-11-8-18-40-25)34-29-26(19-22-9-4-3-5-10-22)33-28(21-35(29)30)23-12-14-24(15-13-23)39-17-7-2-1-6-16-32-31(37)38/h3-5,8-15,18,20-21,32H,1-2,6-7,16-17,19H2,(H,37,38). The van der Waals surface area contributed by atoms with Crippen LogP contribution in [0, 0.1) is 0 Å². The molecule has 1 aromatic heterocycles. The van der Waals surface area contributed by atoms with Gasteiger partial charge in [0.15, 0.2) is 5.84 Å². The van der Waals surface area contributed by atoms with Crippen LogP contribution in [-0.4, -0.2) is 46.7 Å². The molecular formula is C31H30N4O5. The summed E-state index contributed by atoms with van der Waals surface area (Å²) >= 11 is 0. The Morgan fingerprint density at radius 3 is 2.52 bits per heavy atom. The SMILES string of the molecule is O=C(O)NCCCCCCOc1ccc(C2=CN3C(=O)C(=Cc4ccco4)N=C3C(Cc3ccccc3)=N2)cc1. The van der Waals surface area contributed by atoms with Gasteiger partial charge in [0.25, 0.3) is 5.91 Å². The van der Waals surface area contributed by atoms with Crippen LogP contribution in [0.1, 0.15) is 42.6 Å². The molecule has 2 aromatic carbocycles. The fourth-order valence-corrected chi connectivity index (χ4v) is 4.44. The number of benzene rings is 2. The van der Waals surface area contributed by atoms with Crippen molar-refractivity contribution in [3.05, 3.63) is 102 Å². The molecule has 3 heterocycles. The molecule has 0 radical (unpaired) electrons. The van der Waals surface area contributed by atoms with Crippen LogP contribution >= 0.6 is 0 Å². The fourth-order valence-electron chi connectivity index (χ4n) is 4.44. The zero-order valence-electron chi connectivity index (χ0n) is 22.0. The molecule has 0 bridgehead atoms. The van der Waals surface area contributed by atoms with Gasteiger partial charge in [-0.25, -0.2) is 14.8 Å². The molecule has 3 aromatic rings. The lowest BCUT2D eigenvalue weighted by atomic mass is 10.0. The van der Waals surface area contributed by atoms with Crippen molar-refractivity contribution in [3.8, 4) is 5.75 Å². The maximum absolute atomic E-state index is 13.3. The lowest BCUT2D eigenvalue weighted by Crippen LogP contribution is -2.36. The molecule has 2 N–H and O–H groups in total. The molecule has 40 heavy (non-hydrogen) atoms. The van der Waals surface area contributed by atoms with Crippen molar-refractivity contribution >= 4 is 35.3 Å². The number of carbonyl (C=O) groups is 2. The highest BCUT2D eigenvalue weighted by molar-refractivity contribution is 6.48. The first-order valence-electron chi connectivity index (χ1n) is 13.3. The first-order chi connectivity index (χ1) is 19.6. The normalized spacial score (nSPS) is 15.4. The average molecular weight is 539 g/mol. The van der Waals surface area contributed by atoms with Crippen molar-refractivity contribution in [2.24, 2.45) is 9.98 Å². The Hall–Kier alpha value is -4.92. The van der Waals surface area contributed by atoms with Gasteiger partial charge in [-0.05, 0) is 54.8 Å². The fraction of sp³-hybridized carbons (Fsp3) is 0.226. The van der Waals surface area contributed by atoms with E-state index in [9.17, 15) is 9.59 Å². The number of amidine groups is 1. The number of carbonyl (C=O) groups excluding carboxylic acids is 1. The number of nitrogens with zero attached hydrogens (tertiary/aromatic N) is 3. The second kappa shape index (κ2) is 12.8. The van der Waals surface area contributed by atoms with Gasteiger partial charge in [0.05, 0.1) is 24.3 Å². The highest BCUT2D eigenvalue weighted by atomic mass is 16.5. The molecular weight excluding hydrogens is 508 g/mol. The predicted molar refractivity (Wildman–Crippen MR) is 153 cm³/mol. The predicted octanol–water partition coefficient (Wildman–Crippen LogP) is 5.76. The van der Waals surface area contributed by atoms with E-state index in [1.165, 1.54) is 0 Å². The highest BCUT2D eigenvalue weighted by Gasteiger charge is 2.35. The van der Waals surface area contributed by atoms with Crippen LogP contribution in [0.5, 0.6) is 5.75 Å². The van der Waals surface area contributed by atoms with Crippen LogP contribution in [0.3, 0.4) is 0 Å². The first-order valence-corrected chi connectivity index (χ1v) is 13.3. The number of fused-ring (bicyclic) bond motifs is 1. The number of hydrogen-bond donors (Lipinski definition) is 2. The molecule has 9 nitrogen and oxygen atoms in total. The van der Waals surface area contributed by atoms with E-state index >= 15 is 0 Å². The van der Waals surface area contributed by atoms with Gasteiger partial charge in [0.2, 0.25) is 0 Å². The van der Waals surface area contributed by atoms with E-state index in [4.69, 9.17) is 19.3 Å². The van der Waals surface area contributed by atoms with E-state index in [1.54, 1.807) is 35.6 Å². The van der Waals surface area contributed by atoms with Crippen molar-refractivity contribution in [2.75, 3.05) is 13.2 Å². The molecule has 9 heteroatoms. The minimum Gasteiger partial charge on any atom is -0.494 e. The van der Waals surface area contributed by atoms with E-state index < -0.39 is 6.09 Å². The monoisotopic (exact) mass is 538 g/mol. The molecule has 5 rings (SSSR count). The Morgan fingerprint density at radius 1 is 0.975 bits per heavy atom. The van der Waals surface area contributed by atoms with Crippen LogP contribution in [0.4, 0.5) is 4.79 Å². The summed E-state index contributed by atoms with van der Waals surface area (Å²) in [7, 11) is 0. The number of rotatable bonds is 12. The maximum Gasteiger partial charge on any atom is 0.404 e. The second-order valence-corrected chi connectivity index (χ2v) is 9.41. The Morgan fingerprint density at radius 2 is 1.77 bits per heavy atom. The third-order valence-corrected chi connectivity index (χ3v) is 6.46. The number of aliphatic imine (C=N–C) groups is 2. The topological polar surface area (TPSA) is 117 Å². The molecule has 0 atom stereocenters. The highest BCUT2D eigenvalue weighted by Crippen LogP contribution is 2.29. The van der Waals surface area contributed by atoms with Gasteiger partial charge < -0.3 is 19.6 Å². The van der Waals surface area contributed by atoms with Crippen molar-refractivity contribution in [3.63, 3.8) is 0 Å². The summed E-state index contributed by atoms with van der Waals surface area (Å²) in [6.07, 6.45) is 8.09. The number of amides is 2. The quantitative estimate of drug-likeness (QED) is 0.225. The van der Waals surface area contributed by atoms with E-state index in [2.05, 4.69) is 10.3 Å². The molecule has 0 aliphatic carbocycles. The van der Waals surface area contributed by atoms with Crippen LogP contribution < -0.4 is 10.1 Å². The number of hydrogen-bond acceptors (Lipinski definition) is 6. The zero-order valence-corrected chi connectivity index (χ0v) is 22.0. The number of furan rings is 1. The number of unbranched alkanes of at least 4 members (excludes halogenated alkanes) is 3. The van der Waals surface area contributed by atoms with Gasteiger partial charge in [0.1, 0.15) is 17.2 Å². The van der Waals surface area contributed by atoms with Crippen LogP contribution in [0.15, 0.2) is 99.3 Å². The second-order valence-electron chi connectivity index (χ2n) is 9.41. The van der Waals surface area contributed by atoms with Gasteiger partial charge >= 0.3 is 6.09 Å². The lowest BCUT2D eigenvalue weighted by Gasteiger charge is -2.22. The van der Waals surface area contributed by atoms with Crippen LogP contribution in [-0.2, 0) is 11.2 Å². The van der Waals surface area contributed by atoms with E-state index in [1.807, 2.05) is 54.6 Å². The molecule has 0 spiro atoms. The molecule has 2 aliphatic rings. The first kappa shape index (κ1) is 26.7. The minimum atomic E-state index is -0.985. The van der Waals surface area contributed by atoms with Crippen LogP contribution in [0.2, 0.25) is 0 Å². The summed E-state index contributed by atoms with van der Waals surface area (Å²) < 4.78 is 11.3. The summed E-state index contributed by atoms with van der Waals surface area (Å²) in [5, 5.41) is 11.0. The van der Waals surface area contributed by atoms with Crippen molar-refractivity contribution < 1.29 is 23.8 Å². The van der Waals surface area contributed by atoms with Crippen molar-refractivity contribution in [1.82, 2.24) is 10.2 Å². The summed E-state index contributed by atoms with van der Waals surface area (Å²) in [6, 6.07) is 21.2. The largest absolute Gasteiger partial charge is 0.494 e. The lowest BCUT2D eigenvalue weighted by molar-refractivity contribution is -0.120. The number of ether oxygens (including phenoxy) is 1. The zero-order chi connectivity index (χ0) is 27.7.